The van der Waals surface area contributed by atoms with Crippen molar-refractivity contribution in [3.05, 3.63) is 242 Å². The van der Waals surface area contributed by atoms with E-state index in [0.29, 0.717) is 0 Å². The van der Waals surface area contributed by atoms with Crippen LogP contribution in [0.25, 0.3) is 104 Å². The van der Waals surface area contributed by atoms with E-state index >= 15 is 0 Å². The molecular formula is C65H44N2O. The van der Waals surface area contributed by atoms with Crippen LogP contribution in [0.4, 0.5) is 17.1 Å². The molecular weight excluding hydrogens is 825 g/mol. The van der Waals surface area contributed by atoms with Gasteiger partial charge in [-0.25, -0.2) is 0 Å². The molecule has 14 rings (SSSR count). The minimum absolute atomic E-state index is 0.137. The highest BCUT2D eigenvalue weighted by Crippen LogP contribution is 2.53. The van der Waals surface area contributed by atoms with Crippen LogP contribution in [-0.4, -0.2) is 4.57 Å². The van der Waals surface area contributed by atoms with E-state index < -0.39 is 0 Å². The summed E-state index contributed by atoms with van der Waals surface area (Å²) in [6.07, 6.45) is 0. The Morgan fingerprint density at radius 2 is 0.985 bits per heavy atom. The lowest BCUT2D eigenvalue weighted by Gasteiger charge is -2.30. The van der Waals surface area contributed by atoms with Gasteiger partial charge in [0.1, 0.15) is 11.2 Å². The van der Waals surface area contributed by atoms with Crippen LogP contribution in [0.5, 0.6) is 0 Å². The van der Waals surface area contributed by atoms with Crippen molar-refractivity contribution < 1.29 is 4.42 Å². The number of para-hydroxylation sites is 4. The second kappa shape index (κ2) is 14.7. The highest BCUT2D eigenvalue weighted by atomic mass is 16.3. The molecule has 0 aliphatic heterocycles. The third-order valence-electron chi connectivity index (χ3n) is 14.8. The first-order valence-corrected chi connectivity index (χ1v) is 23.6. The topological polar surface area (TPSA) is 21.3 Å². The van der Waals surface area contributed by atoms with Crippen molar-refractivity contribution in [1.82, 2.24) is 4.57 Å². The van der Waals surface area contributed by atoms with Gasteiger partial charge in [0.25, 0.3) is 0 Å². The third kappa shape index (κ3) is 5.60. The maximum absolute atomic E-state index is 7.11. The maximum atomic E-state index is 7.11. The molecule has 0 atom stereocenters. The van der Waals surface area contributed by atoms with Gasteiger partial charge in [0, 0.05) is 43.8 Å². The molecule has 2 aromatic heterocycles. The fourth-order valence-corrected chi connectivity index (χ4v) is 11.6. The molecule has 2 heterocycles. The zero-order chi connectivity index (χ0) is 45.1. The van der Waals surface area contributed by atoms with E-state index in [9.17, 15) is 0 Å². The summed E-state index contributed by atoms with van der Waals surface area (Å²) in [5.41, 5.74) is 18.1. The zero-order valence-electron chi connectivity index (χ0n) is 37.7. The monoisotopic (exact) mass is 868 g/mol. The van der Waals surface area contributed by atoms with Gasteiger partial charge >= 0.3 is 0 Å². The molecule has 0 saturated carbocycles. The van der Waals surface area contributed by atoms with Crippen LogP contribution >= 0.6 is 0 Å². The van der Waals surface area contributed by atoms with E-state index in [1.807, 2.05) is 0 Å². The Labute approximate surface area is 394 Å². The third-order valence-corrected chi connectivity index (χ3v) is 14.8. The minimum Gasteiger partial charge on any atom is -0.455 e. The first kappa shape index (κ1) is 38.6. The summed E-state index contributed by atoms with van der Waals surface area (Å²) < 4.78 is 9.50. The van der Waals surface area contributed by atoms with Gasteiger partial charge < -0.3 is 13.9 Å². The largest absolute Gasteiger partial charge is 0.455 e. The van der Waals surface area contributed by atoms with Crippen LogP contribution in [0.2, 0.25) is 0 Å². The quantitative estimate of drug-likeness (QED) is 0.155. The fraction of sp³-hybridized carbons (Fsp3) is 0.0462. The molecule has 13 aromatic rings. The van der Waals surface area contributed by atoms with Gasteiger partial charge in [0.15, 0.2) is 0 Å². The van der Waals surface area contributed by atoms with Gasteiger partial charge in [0.2, 0.25) is 0 Å². The Kier molecular flexibility index (Phi) is 8.33. The van der Waals surface area contributed by atoms with Crippen molar-refractivity contribution in [2.75, 3.05) is 4.90 Å². The summed E-state index contributed by atoms with van der Waals surface area (Å²) in [5, 5.41) is 9.44. The molecule has 1 aliphatic rings. The lowest BCUT2D eigenvalue weighted by molar-refractivity contribution is 0.660. The summed E-state index contributed by atoms with van der Waals surface area (Å²) >= 11 is 0. The van der Waals surface area contributed by atoms with Crippen molar-refractivity contribution in [2.45, 2.75) is 19.3 Å². The fourth-order valence-electron chi connectivity index (χ4n) is 11.6. The second-order valence-corrected chi connectivity index (χ2v) is 18.8. The number of aromatic nitrogens is 1. The first-order valence-electron chi connectivity index (χ1n) is 23.6. The van der Waals surface area contributed by atoms with Crippen molar-refractivity contribution >= 4 is 82.4 Å². The van der Waals surface area contributed by atoms with Crippen molar-refractivity contribution in [1.29, 1.82) is 0 Å². The number of benzene rings is 11. The van der Waals surface area contributed by atoms with Crippen molar-refractivity contribution in [3.63, 3.8) is 0 Å². The van der Waals surface area contributed by atoms with E-state index in [1.54, 1.807) is 0 Å². The predicted octanol–water partition coefficient (Wildman–Crippen LogP) is 18.1. The number of nitrogens with zero attached hydrogens (tertiary/aromatic N) is 2. The van der Waals surface area contributed by atoms with Crippen LogP contribution in [0.15, 0.2) is 235 Å². The van der Waals surface area contributed by atoms with Gasteiger partial charge in [-0.1, -0.05) is 184 Å². The van der Waals surface area contributed by atoms with Gasteiger partial charge in [-0.05, 0) is 110 Å². The standard InChI is InChI=1S/C65H44N2O/c1-65(2)55-29-12-7-24-49(55)50-35-34-43(39-56(50)65)46-22-8-13-30-57(46)67(61-40-42-18-3-4-21-45(42)48-23-5-6-25-51(48)61)60-37-36-47(64-63(60)54-28-11-16-33-62(54)68-64)41-19-17-20-44(38-41)66-58-31-14-9-26-52(58)53-27-10-15-32-59(53)66/h3-40H,1-2H3. The molecule has 0 amide bonds. The number of rotatable bonds is 6. The van der Waals surface area contributed by atoms with Gasteiger partial charge in [0.05, 0.1) is 33.5 Å². The highest BCUT2D eigenvalue weighted by molar-refractivity contribution is 6.21. The minimum atomic E-state index is -0.137. The highest BCUT2D eigenvalue weighted by Gasteiger charge is 2.36. The molecule has 0 fully saturated rings. The Balaban J connectivity index is 1.04. The Morgan fingerprint density at radius 1 is 0.382 bits per heavy atom. The Bertz CT molecular complexity index is 4150. The van der Waals surface area contributed by atoms with Crippen LogP contribution in [-0.2, 0) is 5.41 Å². The van der Waals surface area contributed by atoms with E-state index in [4.69, 9.17) is 4.42 Å². The molecule has 3 nitrogen and oxygen atoms in total. The summed E-state index contributed by atoms with van der Waals surface area (Å²) in [7, 11) is 0. The van der Waals surface area contributed by atoms with Crippen molar-refractivity contribution in [3.8, 4) is 39.1 Å². The summed E-state index contributed by atoms with van der Waals surface area (Å²) in [6.45, 7) is 4.73. The van der Waals surface area contributed by atoms with Crippen LogP contribution < -0.4 is 4.90 Å². The molecule has 3 heteroatoms. The van der Waals surface area contributed by atoms with E-state index in [0.717, 1.165) is 61.4 Å². The lowest BCUT2D eigenvalue weighted by atomic mass is 9.81. The SMILES string of the molecule is CC1(C)c2ccccc2-c2ccc(-c3ccccc3N(c3cc4ccccc4c4ccccc34)c3ccc(-c4cccc(-n5c6ccccc6c6ccccc65)c4)c4oc5ccccc5c34)cc21. The number of hydrogen-bond donors (Lipinski definition) is 0. The molecule has 1 aliphatic carbocycles. The molecule has 0 radical (unpaired) electrons. The van der Waals surface area contributed by atoms with E-state index in [-0.39, 0.29) is 5.41 Å². The summed E-state index contributed by atoms with van der Waals surface area (Å²) in [6, 6.07) is 84.4. The number of anilines is 3. The normalized spacial score (nSPS) is 13.0. The zero-order valence-corrected chi connectivity index (χ0v) is 37.7. The molecule has 320 valence electrons. The molecule has 0 saturated heterocycles. The Hall–Kier alpha value is -8.66. The molecule has 0 spiro atoms. The molecule has 11 aromatic carbocycles. The first-order chi connectivity index (χ1) is 33.5. The number of hydrogen-bond acceptors (Lipinski definition) is 2. The van der Waals surface area contributed by atoms with Crippen molar-refractivity contribution in [2.24, 2.45) is 0 Å². The molecule has 0 bridgehead atoms. The van der Waals surface area contributed by atoms with Gasteiger partial charge in [-0.3, -0.25) is 0 Å². The van der Waals surface area contributed by atoms with Gasteiger partial charge in [-0.15, -0.1) is 0 Å². The summed E-state index contributed by atoms with van der Waals surface area (Å²) in [4.78, 5) is 2.51. The number of fused-ring (bicyclic) bond motifs is 12. The lowest BCUT2D eigenvalue weighted by Crippen LogP contribution is -2.15. The summed E-state index contributed by atoms with van der Waals surface area (Å²) in [5.74, 6) is 0. The number of furan rings is 1. The average molecular weight is 869 g/mol. The Morgan fingerprint density at radius 3 is 1.79 bits per heavy atom. The smallest absolute Gasteiger partial charge is 0.145 e. The molecule has 0 N–H and O–H groups in total. The van der Waals surface area contributed by atoms with Gasteiger partial charge in [-0.2, -0.15) is 0 Å². The van der Waals surface area contributed by atoms with Crippen LogP contribution in [0.1, 0.15) is 25.0 Å². The predicted molar refractivity (Wildman–Crippen MR) is 286 cm³/mol. The van der Waals surface area contributed by atoms with E-state index in [1.165, 1.54) is 71.2 Å². The van der Waals surface area contributed by atoms with Crippen LogP contribution in [0.3, 0.4) is 0 Å². The van der Waals surface area contributed by atoms with Crippen LogP contribution in [0, 0.1) is 0 Å². The molecule has 0 unspecified atom stereocenters. The molecule has 68 heavy (non-hydrogen) atoms. The second-order valence-electron chi connectivity index (χ2n) is 18.8. The average Bonchev–Trinajstić information content (AvgIpc) is 4.02. The van der Waals surface area contributed by atoms with E-state index in [2.05, 4.69) is 254 Å². The maximum Gasteiger partial charge on any atom is 0.145 e.